The summed E-state index contributed by atoms with van der Waals surface area (Å²) >= 11 is 1.58. The van der Waals surface area contributed by atoms with E-state index in [1.165, 1.54) is 43.4 Å². The van der Waals surface area contributed by atoms with Gasteiger partial charge < -0.3 is 10.8 Å². The fraction of sp³-hybridized carbons (Fsp3) is 0.174. The van der Waals surface area contributed by atoms with E-state index in [1.807, 2.05) is 0 Å². The predicted octanol–water partition coefficient (Wildman–Crippen LogP) is 5.10. The SMILES string of the molecule is Cc1c2ccccc2c(CSC[C@H](N)C(=O)O)c2ccc3ccccc3c12. The molecule has 1 atom stereocenters. The Morgan fingerprint density at radius 1 is 0.963 bits per heavy atom. The zero-order chi connectivity index (χ0) is 19.0. The van der Waals surface area contributed by atoms with Crippen molar-refractivity contribution in [2.75, 3.05) is 5.75 Å². The molecule has 0 radical (unpaired) electrons. The van der Waals surface area contributed by atoms with Gasteiger partial charge in [-0.2, -0.15) is 11.8 Å². The van der Waals surface area contributed by atoms with Crippen molar-refractivity contribution in [3.05, 3.63) is 71.8 Å². The van der Waals surface area contributed by atoms with E-state index in [4.69, 9.17) is 10.8 Å². The van der Waals surface area contributed by atoms with Crippen LogP contribution in [0, 0.1) is 6.92 Å². The molecule has 27 heavy (non-hydrogen) atoms. The summed E-state index contributed by atoms with van der Waals surface area (Å²) in [7, 11) is 0. The largest absolute Gasteiger partial charge is 0.480 e. The minimum Gasteiger partial charge on any atom is -0.480 e. The maximum Gasteiger partial charge on any atom is 0.321 e. The molecular weight excluding hydrogens is 354 g/mol. The average Bonchev–Trinajstić information content (AvgIpc) is 2.69. The van der Waals surface area contributed by atoms with Gasteiger partial charge in [-0.1, -0.05) is 60.7 Å². The second-order valence-electron chi connectivity index (χ2n) is 6.82. The van der Waals surface area contributed by atoms with Gasteiger partial charge in [0.15, 0.2) is 0 Å². The number of carboxylic acids is 1. The Kier molecular flexibility index (Phi) is 4.77. The highest BCUT2D eigenvalue weighted by atomic mass is 32.2. The lowest BCUT2D eigenvalue weighted by Crippen LogP contribution is -2.32. The Hall–Kier alpha value is -2.56. The lowest BCUT2D eigenvalue weighted by Gasteiger charge is -2.17. The Labute approximate surface area is 162 Å². The van der Waals surface area contributed by atoms with Crippen LogP contribution < -0.4 is 5.73 Å². The molecule has 0 heterocycles. The summed E-state index contributed by atoms with van der Waals surface area (Å²) in [6.07, 6.45) is 0. The highest BCUT2D eigenvalue weighted by molar-refractivity contribution is 7.98. The average molecular weight is 375 g/mol. The number of thioether (sulfide) groups is 1. The molecule has 0 saturated heterocycles. The first-order valence-electron chi connectivity index (χ1n) is 8.95. The third-order valence-electron chi connectivity index (χ3n) is 5.15. The van der Waals surface area contributed by atoms with Gasteiger partial charge >= 0.3 is 5.97 Å². The topological polar surface area (TPSA) is 63.3 Å². The van der Waals surface area contributed by atoms with Gasteiger partial charge in [-0.25, -0.2) is 0 Å². The van der Waals surface area contributed by atoms with Gasteiger partial charge in [0.05, 0.1) is 0 Å². The minimum atomic E-state index is -0.952. The first-order chi connectivity index (χ1) is 13.1. The summed E-state index contributed by atoms with van der Waals surface area (Å²) in [4.78, 5) is 11.0. The second-order valence-corrected chi connectivity index (χ2v) is 7.85. The van der Waals surface area contributed by atoms with Crippen molar-refractivity contribution in [2.45, 2.75) is 18.7 Å². The maximum absolute atomic E-state index is 11.0. The van der Waals surface area contributed by atoms with Crippen LogP contribution in [-0.2, 0) is 10.5 Å². The molecule has 0 fully saturated rings. The molecule has 136 valence electrons. The normalized spacial score (nSPS) is 12.7. The zero-order valence-corrected chi connectivity index (χ0v) is 15.9. The summed E-state index contributed by atoms with van der Waals surface area (Å²) in [5.74, 6) is 0.176. The van der Waals surface area contributed by atoms with E-state index in [0.29, 0.717) is 5.75 Å². The molecule has 0 aliphatic heterocycles. The number of rotatable bonds is 5. The van der Waals surface area contributed by atoms with E-state index in [2.05, 4.69) is 67.6 Å². The monoisotopic (exact) mass is 375 g/mol. The number of carbonyl (C=O) groups is 1. The number of carboxylic acid groups (broad SMARTS) is 1. The highest BCUT2D eigenvalue weighted by Crippen LogP contribution is 2.38. The van der Waals surface area contributed by atoms with Crippen LogP contribution in [-0.4, -0.2) is 22.9 Å². The maximum atomic E-state index is 11.0. The van der Waals surface area contributed by atoms with Crippen LogP contribution in [0.4, 0.5) is 0 Å². The van der Waals surface area contributed by atoms with Gasteiger partial charge in [0.2, 0.25) is 0 Å². The number of hydrogen-bond donors (Lipinski definition) is 2. The van der Waals surface area contributed by atoms with Gasteiger partial charge in [-0.15, -0.1) is 0 Å². The lowest BCUT2D eigenvalue weighted by molar-refractivity contribution is -0.137. The van der Waals surface area contributed by atoms with Gasteiger partial charge in [0.1, 0.15) is 6.04 Å². The van der Waals surface area contributed by atoms with Crippen molar-refractivity contribution in [2.24, 2.45) is 5.73 Å². The van der Waals surface area contributed by atoms with Crippen molar-refractivity contribution in [3.8, 4) is 0 Å². The zero-order valence-electron chi connectivity index (χ0n) is 15.1. The molecule has 4 aromatic carbocycles. The van der Waals surface area contributed by atoms with E-state index in [9.17, 15) is 4.79 Å². The molecule has 0 aromatic heterocycles. The fourth-order valence-corrected chi connectivity index (χ4v) is 4.82. The summed E-state index contributed by atoms with van der Waals surface area (Å²) in [6.45, 7) is 2.19. The molecule has 0 bridgehead atoms. The summed E-state index contributed by atoms with van der Waals surface area (Å²) in [5.41, 5.74) is 8.22. The number of aliphatic carboxylic acids is 1. The van der Waals surface area contributed by atoms with Crippen LogP contribution in [0.2, 0.25) is 0 Å². The third kappa shape index (κ3) is 3.15. The molecule has 3 nitrogen and oxygen atoms in total. The number of aryl methyl sites for hydroxylation is 1. The molecule has 4 rings (SSSR count). The van der Waals surface area contributed by atoms with Crippen molar-refractivity contribution in [1.29, 1.82) is 0 Å². The molecular formula is C23H21NO2S. The number of benzene rings is 4. The number of hydrogen-bond acceptors (Lipinski definition) is 3. The Bertz CT molecular complexity index is 1170. The standard InChI is InChI=1S/C23H21NO2S/c1-14-16-7-4-5-9-18(16)20(12-27-13-21(24)23(25)26)19-11-10-15-6-2-3-8-17(15)22(14)19/h2-11,21H,12-13,24H2,1H3,(H,25,26)/t21-/m0/s1. The summed E-state index contributed by atoms with van der Waals surface area (Å²) in [6, 6.07) is 20.5. The number of fused-ring (bicyclic) bond motifs is 4. The van der Waals surface area contributed by atoms with Crippen LogP contribution in [0.5, 0.6) is 0 Å². The minimum absolute atomic E-state index is 0.395. The summed E-state index contributed by atoms with van der Waals surface area (Å²) < 4.78 is 0. The molecule has 0 amide bonds. The Morgan fingerprint density at radius 3 is 2.37 bits per heavy atom. The molecule has 0 aliphatic carbocycles. The third-order valence-corrected chi connectivity index (χ3v) is 6.23. The van der Waals surface area contributed by atoms with Gasteiger partial charge in [-0.3, -0.25) is 4.79 Å². The Morgan fingerprint density at radius 2 is 1.63 bits per heavy atom. The van der Waals surface area contributed by atoms with Crippen LogP contribution >= 0.6 is 11.8 Å². The molecule has 0 spiro atoms. The van der Waals surface area contributed by atoms with Crippen LogP contribution in [0.1, 0.15) is 11.1 Å². The van der Waals surface area contributed by atoms with E-state index in [1.54, 1.807) is 11.8 Å². The van der Waals surface area contributed by atoms with E-state index in [-0.39, 0.29) is 0 Å². The quantitative estimate of drug-likeness (QED) is 0.376. The van der Waals surface area contributed by atoms with Gasteiger partial charge in [-0.05, 0) is 50.4 Å². The van der Waals surface area contributed by atoms with E-state index in [0.717, 1.165) is 5.75 Å². The molecule has 0 unspecified atom stereocenters. The van der Waals surface area contributed by atoms with Crippen molar-refractivity contribution >= 4 is 50.0 Å². The van der Waals surface area contributed by atoms with Crippen LogP contribution in [0.3, 0.4) is 0 Å². The van der Waals surface area contributed by atoms with Crippen molar-refractivity contribution in [3.63, 3.8) is 0 Å². The second kappa shape index (κ2) is 7.22. The van der Waals surface area contributed by atoms with Crippen molar-refractivity contribution < 1.29 is 9.90 Å². The first kappa shape index (κ1) is 17.8. The fourth-order valence-electron chi connectivity index (χ4n) is 3.79. The molecule has 4 heteroatoms. The number of nitrogens with two attached hydrogens (primary N) is 1. The smallest absolute Gasteiger partial charge is 0.321 e. The van der Waals surface area contributed by atoms with Gasteiger partial charge in [0, 0.05) is 11.5 Å². The first-order valence-corrected chi connectivity index (χ1v) is 10.1. The molecule has 3 N–H and O–H groups in total. The van der Waals surface area contributed by atoms with Crippen molar-refractivity contribution in [1.82, 2.24) is 0 Å². The predicted molar refractivity (Wildman–Crippen MR) is 115 cm³/mol. The summed E-state index contributed by atoms with van der Waals surface area (Å²) in [5, 5.41) is 16.5. The highest BCUT2D eigenvalue weighted by Gasteiger charge is 2.15. The molecule has 0 saturated carbocycles. The van der Waals surface area contributed by atoms with E-state index < -0.39 is 12.0 Å². The van der Waals surface area contributed by atoms with Gasteiger partial charge in [0.25, 0.3) is 0 Å². The van der Waals surface area contributed by atoms with Crippen LogP contribution in [0.25, 0.3) is 32.3 Å². The molecule has 0 aliphatic rings. The molecule has 4 aromatic rings. The Balaban J connectivity index is 1.93. The van der Waals surface area contributed by atoms with Crippen LogP contribution in [0.15, 0.2) is 60.7 Å². The lowest BCUT2D eigenvalue weighted by atomic mass is 9.90. The van der Waals surface area contributed by atoms with E-state index >= 15 is 0 Å².